The van der Waals surface area contributed by atoms with Crippen LogP contribution in [0.2, 0.25) is 0 Å². The molecule has 158 valence electrons. The molecule has 0 aliphatic carbocycles. The van der Waals surface area contributed by atoms with Crippen molar-refractivity contribution in [3.63, 3.8) is 0 Å². The Morgan fingerprint density at radius 2 is 1.77 bits per heavy atom. The van der Waals surface area contributed by atoms with Crippen molar-refractivity contribution in [1.29, 1.82) is 0 Å². The molecule has 0 aliphatic heterocycles. The summed E-state index contributed by atoms with van der Waals surface area (Å²) in [5.41, 5.74) is 2.33. The van der Waals surface area contributed by atoms with Gasteiger partial charge in [-0.25, -0.2) is 14.4 Å². The molecular formula is C22H18FN3O3S2. The lowest BCUT2D eigenvalue weighted by atomic mass is 10.2. The molecule has 4 rings (SSSR count). The molecule has 2 heterocycles. The van der Waals surface area contributed by atoms with Crippen LogP contribution < -0.4 is 14.8 Å². The monoisotopic (exact) mass is 455 g/mol. The number of aromatic nitrogens is 2. The molecule has 2 aromatic heterocycles. The van der Waals surface area contributed by atoms with E-state index in [1.165, 1.54) is 34.8 Å². The highest BCUT2D eigenvalue weighted by Crippen LogP contribution is 2.28. The Labute approximate surface area is 186 Å². The predicted molar refractivity (Wildman–Crippen MR) is 120 cm³/mol. The Morgan fingerprint density at radius 3 is 2.48 bits per heavy atom. The summed E-state index contributed by atoms with van der Waals surface area (Å²) in [4.78, 5) is 22.1. The van der Waals surface area contributed by atoms with Crippen molar-refractivity contribution in [2.45, 2.75) is 13.5 Å². The number of rotatable bonds is 7. The number of anilines is 1. The zero-order valence-corrected chi connectivity index (χ0v) is 18.3. The second kappa shape index (κ2) is 9.23. The van der Waals surface area contributed by atoms with Gasteiger partial charge < -0.3 is 9.47 Å². The lowest BCUT2D eigenvalue weighted by molar-refractivity contribution is 0.103. The molecule has 0 aliphatic rings. The number of thiazole rings is 2. The Morgan fingerprint density at radius 1 is 1.06 bits per heavy atom. The van der Waals surface area contributed by atoms with Gasteiger partial charge in [-0.05, 0) is 55.5 Å². The molecule has 0 bridgehead atoms. The lowest BCUT2D eigenvalue weighted by Gasteiger charge is -2.03. The van der Waals surface area contributed by atoms with Gasteiger partial charge in [-0.1, -0.05) is 0 Å². The number of methoxy groups -OCH3 is 1. The van der Waals surface area contributed by atoms with Crippen LogP contribution in [0.15, 0.2) is 53.9 Å². The SMILES string of the molecule is COc1ccc(-c2csc(NC(=O)c3sc(COc4ccc(F)cc4)nc3C)n2)cc1. The fourth-order valence-corrected chi connectivity index (χ4v) is 4.37. The zero-order chi connectivity index (χ0) is 21.8. The summed E-state index contributed by atoms with van der Waals surface area (Å²) in [7, 11) is 1.62. The molecule has 0 saturated heterocycles. The largest absolute Gasteiger partial charge is 0.497 e. The van der Waals surface area contributed by atoms with E-state index < -0.39 is 0 Å². The number of hydrogen-bond acceptors (Lipinski definition) is 7. The van der Waals surface area contributed by atoms with Crippen LogP contribution in [-0.4, -0.2) is 23.0 Å². The summed E-state index contributed by atoms with van der Waals surface area (Å²) in [5, 5.41) is 5.89. The molecule has 0 unspecified atom stereocenters. The number of carbonyl (C=O) groups excluding carboxylic acids is 1. The molecule has 0 spiro atoms. The van der Waals surface area contributed by atoms with Gasteiger partial charge >= 0.3 is 0 Å². The second-order valence-corrected chi connectivity index (χ2v) is 8.43. The van der Waals surface area contributed by atoms with E-state index in [9.17, 15) is 9.18 Å². The van der Waals surface area contributed by atoms with E-state index in [0.717, 1.165) is 17.0 Å². The maximum atomic E-state index is 13.0. The van der Waals surface area contributed by atoms with E-state index in [1.807, 2.05) is 29.6 Å². The first-order chi connectivity index (χ1) is 15.0. The topological polar surface area (TPSA) is 73.3 Å². The Balaban J connectivity index is 1.40. The quantitative estimate of drug-likeness (QED) is 0.395. The third kappa shape index (κ3) is 5.07. The minimum absolute atomic E-state index is 0.198. The number of nitrogens with zero attached hydrogens (tertiary/aromatic N) is 2. The van der Waals surface area contributed by atoms with Gasteiger partial charge in [-0.3, -0.25) is 10.1 Å². The van der Waals surface area contributed by atoms with E-state index in [2.05, 4.69) is 15.3 Å². The fourth-order valence-electron chi connectivity index (χ4n) is 2.78. The van der Waals surface area contributed by atoms with Crippen molar-refractivity contribution in [3.8, 4) is 22.8 Å². The molecule has 0 saturated carbocycles. The highest BCUT2D eigenvalue weighted by atomic mass is 32.1. The standard InChI is InChI=1S/C22H18FN3O3S2/c1-13-20(31-19(24-13)11-29-17-9-5-15(23)6-10-17)21(27)26-22-25-18(12-30-22)14-3-7-16(28-2)8-4-14/h3-10,12H,11H2,1-2H3,(H,25,26,27). The Kier molecular flexibility index (Phi) is 6.24. The molecule has 4 aromatic rings. The van der Waals surface area contributed by atoms with Crippen LogP contribution >= 0.6 is 22.7 Å². The normalized spacial score (nSPS) is 10.7. The third-order valence-corrected chi connectivity index (χ3v) is 6.22. The van der Waals surface area contributed by atoms with Crippen molar-refractivity contribution in [3.05, 3.63) is 75.3 Å². The van der Waals surface area contributed by atoms with E-state index in [1.54, 1.807) is 26.2 Å². The van der Waals surface area contributed by atoms with Gasteiger partial charge in [0.2, 0.25) is 0 Å². The summed E-state index contributed by atoms with van der Waals surface area (Å²) in [6.07, 6.45) is 0. The molecule has 0 radical (unpaired) electrons. The number of hydrogen-bond donors (Lipinski definition) is 1. The number of aryl methyl sites for hydroxylation is 1. The number of carbonyl (C=O) groups is 1. The Hall–Kier alpha value is -3.30. The predicted octanol–water partition coefficient (Wildman–Crippen LogP) is 5.55. The minimum Gasteiger partial charge on any atom is -0.497 e. The van der Waals surface area contributed by atoms with E-state index in [4.69, 9.17) is 9.47 Å². The average molecular weight is 456 g/mol. The zero-order valence-electron chi connectivity index (χ0n) is 16.7. The van der Waals surface area contributed by atoms with Gasteiger partial charge in [-0.15, -0.1) is 22.7 Å². The summed E-state index contributed by atoms with van der Waals surface area (Å²) < 4.78 is 23.8. The fraction of sp³-hybridized carbons (Fsp3) is 0.136. The Bertz CT molecular complexity index is 1190. The van der Waals surface area contributed by atoms with Gasteiger partial charge in [0.05, 0.1) is 18.5 Å². The molecule has 31 heavy (non-hydrogen) atoms. The molecule has 0 fully saturated rings. The van der Waals surface area contributed by atoms with Gasteiger partial charge in [0.1, 0.15) is 33.8 Å². The number of amides is 1. The minimum atomic E-state index is -0.325. The molecule has 1 amide bonds. The van der Waals surface area contributed by atoms with E-state index in [-0.39, 0.29) is 18.3 Å². The van der Waals surface area contributed by atoms with Crippen LogP contribution in [-0.2, 0) is 6.61 Å². The van der Waals surface area contributed by atoms with Crippen LogP contribution in [0.1, 0.15) is 20.4 Å². The summed E-state index contributed by atoms with van der Waals surface area (Å²) in [6.45, 7) is 1.97. The maximum Gasteiger partial charge on any atom is 0.269 e. The molecule has 2 aromatic carbocycles. The average Bonchev–Trinajstić information content (AvgIpc) is 3.40. The van der Waals surface area contributed by atoms with Gasteiger partial charge in [0, 0.05) is 10.9 Å². The molecule has 0 atom stereocenters. The van der Waals surface area contributed by atoms with Crippen LogP contribution in [0.3, 0.4) is 0 Å². The number of halogens is 1. The van der Waals surface area contributed by atoms with Crippen LogP contribution in [0.25, 0.3) is 11.3 Å². The van der Waals surface area contributed by atoms with Crippen LogP contribution in [0.4, 0.5) is 9.52 Å². The number of nitrogens with one attached hydrogen (secondary N) is 1. The maximum absolute atomic E-state index is 13.0. The first kappa shape index (κ1) is 21.0. The van der Waals surface area contributed by atoms with E-state index in [0.29, 0.717) is 26.5 Å². The third-order valence-electron chi connectivity index (χ3n) is 4.33. The first-order valence-corrected chi connectivity index (χ1v) is 11.0. The molecule has 9 heteroatoms. The van der Waals surface area contributed by atoms with Crippen LogP contribution in [0, 0.1) is 12.7 Å². The van der Waals surface area contributed by atoms with Crippen molar-refractivity contribution >= 4 is 33.7 Å². The summed E-state index contributed by atoms with van der Waals surface area (Å²) in [5.74, 6) is 0.717. The van der Waals surface area contributed by atoms with Crippen molar-refractivity contribution in [1.82, 2.24) is 9.97 Å². The van der Waals surface area contributed by atoms with Crippen molar-refractivity contribution in [2.24, 2.45) is 0 Å². The number of benzene rings is 2. The summed E-state index contributed by atoms with van der Waals surface area (Å²) in [6, 6.07) is 13.3. The van der Waals surface area contributed by atoms with Gasteiger partial charge in [0.25, 0.3) is 5.91 Å². The lowest BCUT2D eigenvalue weighted by Crippen LogP contribution is -2.11. The number of ether oxygens (including phenoxy) is 2. The highest BCUT2D eigenvalue weighted by Gasteiger charge is 2.17. The summed E-state index contributed by atoms with van der Waals surface area (Å²) >= 11 is 2.61. The molecular weight excluding hydrogens is 437 g/mol. The van der Waals surface area contributed by atoms with Gasteiger partial charge in [-0.2, -0.15) is 0 Å². The molecule has 6 nitrogen and oxygen atoms in total. The second-order valence-electron chi connectivity index (χ2n) is 6.49. The highest BCUT2D eigenvalue weighted by molar-refractivity contribution is 7.15. The van der Waals surface area contributed by atoms with Crippen molar-refractivity contribution in [2.75, 3.05) is 12.4 Å². The van der Waals surface area contributed by atoms with Gasteiger partial charge in [0.15, 0.2) is 5.13 Å². The molecule has 1 N–H and O–H groups in total. The van der Waals surface area contributed by atoms with Crippen molar-refractivity contribution < 1.29 is 18.7 Å². The van der Waals surface area contributed by atoms with E-state index >= 15 is 0 Å². The smallest absolute Gasteiger partial charge is 0.269 e. The first-order valence-electron chi connectivity index (χ1n) is 9.28. The van der Waals surface area contributed by atoms with Crippen LogP contribution in [0.5, 0.6) is 11.5 Å².